The van der Waals surface area contributed by atoms with Gasteiger partial charge < -0.3 is 5.73 Å². The number of nitrogen functional groups attached to an aromatic ring is 1. The fourth-order valence-electron chi connectivity index (χ4n) is 1.78. The number of anilines is 1. The Morgan fingerprint density at radius 1 is 1.00 bits per heavy atom. The topological polar surface area (TPSA) is 72.2 Å². The van der Waals surface area contributed by atoms with Gasteiger partial charge in [-0.05, 0) is 42.3 Å². The zero-order valence-corrected chi connectivity index (χ0v) is 13.3. The van der Waals surface area contributed by atoms with Gasteiger partial charge in [0.2, 0.25) is 10.0 Å². The molecule has 0 unspecified atom stereocenters. The number of rotatable bonds is 5. The number of hydrogen-bond acceptors (Lipinski definition) is 3. The molecular weight excluding hydrogens is 331 g/mol. The van der Waals surface area contributed by atoms with Gasteiger partial charge in [-0.1, -0.05) is 35.3 Å². The van der Waals surface area contributed by atoms with Crippen molar-refractivity contribution >= 4 is 38.9 Å². The van der Waals surface area contributed by atoms with Crippen molar-refractivity contribution < 1.29 is 8.42 Å². The minimum absolute atomic E-state index is 0.0531. The number of hydrogen-bond donors (Lipinski definition) is 2. The lowest BCUT2D eigenvalue weighted by molar-refractivity contribution is 0.581. The fourth-order valence-corrected chi connectivity index (χ4v) is 3.54. The summed E-state index contributed by atoms with van der Waals surface area (Å²) in [6.45, 7) is 0.274. The monoisotopic (exact) mass is 344 g/mol. The summed E-state index contributed by atoms with van der Waals surface area (Å²) in [6.07, 6.45) is 0.563. The van der Waals surface area contributed by atoms with Crippen LogP contribution in [0.3, 0.4) is 0 Å². The Kier molecular flexibility index (Phi) is 5.11. The van der Waals surface area contributed by atoms with E-state index in [9.17, 15) is 8.42 Å². The molecule has 0 bridgehead atoms. The van der Waals surface area contributed by atoms with E-state index in [1.165, 1.54) is 18.2 Å². The van der Waals surface area contributed by atoms with Gasteiger partial charge in [-0.15, -0.1) is 0 Å². The Labute approximate surface area is 133 Å². The molecule has 0 aliphatic carbocycles. The van der Waals surface area contributed by atoms with Gasteiger partial charge in [0.15, 0.2) is 0 Å². The Morgan fingerprint density at radius 3 is 2.14 bits per heavy atom. The normalized spacial score (nSPS) is 11.5. The fraction of sp³-hybridized carbons (Fsp3) is 0.143. The van der Waals surface area contributed by atoms with Crippen LogP contribution < -0.4 is 10.5 Å². The third kappa shape index (κ3) is 4.61. The van der Waals surface area contributed by atoms with E-state index in [2.05, 4.69) is 4.72 Å². The summed E-state index contributed by atoms with van der Waals surface area (Å²) in [7, 11) is -3.63. The lowest BCUT2D eigenvalue weighted by atomic mass is 10.1. The predicted octanol–water partition coefficient (Wildman–Crippen LogP) is 3.10. The zero-order chi connectivity index (χ0) is 15.5. The highest BCUT2D eigenvalue weighted by Gasteiger charge is 2.14. The first kappa shape index (κ1) is 16.1. The van der Waals surface area contributed by atoms with Crippen molar-refractivity contribution in [3.05, 3.63) is 58.1 Å². The van der Waals surface area contributed by atoms with Gasteiger partial charge >= 0.3 is 0 Å². The van der Waals surface area contributed by atoms with Gasteiger partial charge in [0.05, 0.1) is 4.90 Å². The van der Waals surface area contributed by atoms with Gasteiger partial charge in [-0.3, -0.25) is 0 Å². The average molecular weight is 345 g/mol. The molecule has 0 heterocycles. The lowest BCUT2D eigenvalue weighted by Crippen LogP contribution is -2.26. The molecule has 2 aromatic carbocycles. The number of nitrogens with one attached hydrogen (secondary N) is 1. The van der Waals surface area contributed by atoms with Crippen LogP contribution in [0.5, 0.6) is 0 Å². The van der Waals surface area contributed by atoms with Crippen molar-refractivity contribution in [1.82, 2.24) is 4.72 Å². The summed E-state index contributed by atoms with van der Waals surface area (Å²) in [5.41, 5.74) is 7.26. The number of sulfonamides is 1. The molecule has 0 aromatic heterocycles. The summed E-state index contributed by atoms with van der Waals surface area (Å²) in [5, 5.41) is 0.558. The summed E-state index contributed by atoms with van der Waals surface area (Å²) < 4.78 is 26.8. The van der Waals surface area contributed by atoms with Gasteiger partial charge in [0.1, 0.15) is 0 Å². The van der Waals surface area contributed by atoms with Crippen molar-refractivity contribution in [3.8, 4) is 0 Å². The minimum atomic E-state index is -3.63. The van der Waals surface area contributed by atoms with Crippen LogP contribution in [0.2, 0.25) is 10.0 Å². The zero-order valence-electron chi connectivity index (χ0n) is 11.0. The summed E-state index contributed by atoms with van der Waals surface area (Å²) in [5.74, 6) is 0. The van der Waals surface area contributed by atoms with E-state index in [1.54, 1.807) is 12.1 Å². The van der Waals surface area contributed by atoms with E-state index in [4.69, 9.17) is 28.9 Å². The first-order valence-corrected chi connectivity index (χ1v) is 8.41. The Bertz CT molecular complexity index is 711. The van der Waals surface area contributed by atoms with E-state index < -0.39 is 10.0 Å². The second-order valence-electron chi connectivity index (χ2n) is 4.49. The predicted molar refractivity (Wildman–Crippen MR) is 86.2 cm³/mol. The van der Waals surface area contributed by atoms with Crippen molar-refractivity contribution in [1.29, 1.82) is 0 Å². The van der Waals surface area contributed by atoms with Crippen LogP contribution in [0.25, 0.3) is 0 Å². The molecule has 0 aliphatic heterocycles. The standard InChI is InChI=1S/C14H14Cl2N2O2S/c15-11-7-12(16)9-14(8-11)21(19,20)18-6-5-10-1-3-13(17)4-2-10/h1-4,7-9,18H,5-6,17H2. The molecule has 112 valence electrons. The van der Waals surface area contributed by atoms with Gasteiger partial charge in [-0.25, -0.2) is 13.1 Å². The number of benzene rings is 2. The Morgan fingerprint density at radius 2 is 1.57 bits per heavy atom. The van der Waals surface area contributed by atoms with E-state index in [0.717, 1.165) is 5.56 Å². The second-order valence-corrected chi connectivity index (χ2v) is 7.13. The van der Waals surface area contributed by atoms with E-state index in [-0.39, 0.29) is 21.5 Å². The van der Waals surface area contributed by atoms with Crippen molar-refractivity contribution in [3.63, 3.8) is 0 Å². The van der Waals surface area contributed by atoms with E-state index >= 15 is 0 Å². The molecular formula is C14H14Cl2N2O2S. The lowest BCUT2D eigenvalue weighted by Gasteiger charge is -2.08. The van der Waals surface area contributed by atoms with Crippen LogP contribution in [0.1, 0.15) is 5.56 Å². The van der Waals surface area contributed by atoms with Crippen LogP contribution in [-0.2, 0) is 16.4 Å². The summed E-state index contributed by atoms with van der Waals surface area (Å²) in [6, 6.07) is 11.5. The molecule has 0 aliphatic rings. The third-order valence-electron chi connectivity index (χ3n) is 2.83. The van der Waals surface area contributed by atoms with Crippen molar-refractivity contribution in [2.45, 2.75) is 11.3 Å². The molecule has 0 radical (unpaired) electrons. The highest BCUT2D eigenvalue weighted by molar-refractivity contribution is 7.89. The van der Waals surface area contributed by atoms with Crippen molar-refractivity contribution in [2.75, 3.05) is 12.3 Å². The van der Waals surface area contributed by atoms with E-state index in [1.807, 2.05) is 12.1 Å². The molecule has 3 N–H and O–H groups in total. The molecule has 7 heteroatoms. The summed E-state index contributed by atoms with van der Waals surface area (Å²) >= 11 is 11.6. The smallest absolute Gasteiger partial charge is 0.240 e. The molecule has 0 fully saturated rings. The quantitative estimate of drug-likeness (QED) is 0.818. The van der Waals surface area contributed by atoms with Gasteiger partial charge in [-0.2, -0.15) is 0 Å². The Hall–Kier alpha value is -1.27. The minimum Gasteiger partial charge on any atom is -0.399 e. The highest BCUT2D eigenvalue weighted by atomic mass is 35.5. The summed E-state index contributed by atoms with van der Waals surface area (Å²) in [4.78, 5) is 0.0531. The first-order valence-electron chi connectivity index (χ1n) is 6.17. The molecule has 0 atom stereocenters. The molecule has 0 spiro atoms. The van der Waals surface area contributed by atoms with Crippen LogP contribution in [0.4, 0.5) is 5.69 Å². The van der Waals surface area contributed by atoms with E-state index in [0.29, 0.717) is 12.1 Å². The molecule has 0 saturated heterocycles. The van der Waals surface area contributed by atoms with Crippen LogP contribution in [0, 0.1) is 0 Å². The molecule has 0 saturated carbocycles. The molecule has 4 nitrogen and oxygen atoms in total. The SMILES string of the molecule is Nc1ccc(CCNS(=O)(=O)c2cc(Cl)cc(Cl)c2)cc1. The largest absolute Gasteiger partial charge is 0.399 e. The maximum atomic E-state index is 12.1. The first-order chi connectivity index (χ1) is 9.87. The Balaban J connectivity index is 2.02. The average Bonchev–Trinajstić information content (AvgIpc) is 2.40. The van der Waals surface area contributed by atoms with Crippen LogP contribution in [0.15, 0.2) is 47.4 Å². The molecule has 2 aromatic rings. The maximum absolute atomic E-state index is 12.1. The highest BCUT2D eigenvalue weighted by Crippen LogP contribution is 2.22. The van der Waals surface area contributed by atoms with Crippen LogP contribution >= 0.6 is 23.2 Å². The maximum Gasteiger partial charge on any atom is 0.240 e. The van der Waals surface area contributed by atoms with Gasteiger partial charge in [0, 0.05) is 22.3 Å². The van der Waals surface area contributed by atoms with Gasteiger partial charge in [0.25, 0.3) is 0 Å². The second kappa shape index (κ2) is 6.66. The molecule has 2 rings (SSSR count). The third-order valence-corrected chi connectivity index (χ3v) is 4.71. The number of halogens is 2. The molecule has 0 amide bonds. The van der Waals surface area contributed by atoms with Crippen molar-refractivity contribution in [2.24, 2.45) is 0 Å². The molecule has 21 heavy (non-hydrogen) atoms. The number of nitrogens with two attached hydrogens (primary N) is 1. The van der Waals surface area contributed by atoms with Crippen LogP contribution in [-0.4, -0.2) is 15.0 Å².